The number of amides is 1. The number of rotatable bonds is 4. The quantitative estimate of drug-likeness (QED) is 0.183. The number of nitrogens with one attached hydrogen (secondary N) is 1. The van der Waals surface area contributed by atoms with Crippen molar-refractivity contribution in [2.75, 3.05) is 27.3 Å². The Bertz CT molecular complexity index is 1320. The second-order valence-electron chi connectivity index (χ2n) is 11.5. The fourth-order valence-corrected chi connectivity index (χ4v) is 5.50. The predicted molar refractivity (Wildman–Crippen MR) is 159 cm³/mol. The summed E-state index contributed by atoms with van der Waals surface area (Å²) in [6.07, 6.45) is 4.86. The second kappa shape index (κ2) is 15.2. The first kappa shape index (κ1) is 34.6. The number of carbonyl (C=O) groups is 5. The number of allylic oxidation sites excluding steroid dienone is 4. The topological polar surface area (TPSA) is 169 Å². The molecule has 2 bridgehead atoms. The molecule has 2 aliphatic heterocycles. The predicted octanol–water partition coefficient (Wildman–Crippen LogP) is 2.00. The molecule has 1 amide bonds. The molecule has 3 aliphatic rings. The van der Waals surface area contributed by atoms with Crippen LogP contribution in [-0.2, 0) is 38.2 Å². The van der Waals surface area contributed by atoms with E-state index >= 15 is 0 Å². The Morgan fingerprint density at radius 3 is 2.32 bits per heavy atom. The lowest BCUT2D eigenvalue weighted by Crippen LogP contribution is -2.43. The molecule has 12 nitrogen and oxygen atoms in total. The molecule has 3 rings (SSSR count). The standard InChI is InChI=1S/C32H42N2O10/c1-17-13-21-26(34-11-8-12-34)23(35)16-22(28(21)37)33-30(38)18(2)9-7-10-24(42-5)29(44-32(41)31(39)40)20(4)15-19(3)27(36)25(14-17)43-6/h7,9-10,15-17,19,24-25,27,29,36H,8,11-14H2,1-6H3,(H,33,38)(H,39,40)/b10-7-,18-9+,20-15+/t17-,19+,24+,25+,27-,29?/m1/s1. The van der Waals surface area contributed by atoms with Crippen molar-refractivity contribution >= 4 is 29.4 Å². The van der Waals surface area contributed by atoms with E-state index in [1.54, 1.807) is 19.9 Å². The number of aliphatic hydroxyl groups excluding tert-OH is 1. The van der Waals surface area contributed by atoms with Crippen LogP contribution in [0.25, 0.3) is 0 Å². The Morgan fingerprint density at radius 1 is 1.07 bits per heavy atom. The van der Waals surface area contributed by atoms with Crippen LogP contribution in [0.15, 0.2) is 58.5 Å². The molecule has 0 saturated carbocycles. The summed E-state index contributed by atoms with van der Waals surface area (Å²) in [7, 11) is 2.81. The number of Topliss-reactive ketones (excluding diaryl/α,β-unsaturated/α-hetero) is 1. The summed E-state index contributed by atoms with van der Waals surface area (Å²) in [6, 6.07) is 0. The van der Waals surface area contributed by atoms with Crippen LogP contribution < -0.4 is 5.32 Å². The van der Waals surface area contributed by atoms with Gasteiger partial charge in [-0.1, -0.05) is 38.2 Å². The van der Waals surface area contributed by atoms with E-state index in [4.69, 9.17) is 19.3 Å². The van der Waals surface area contributed by atoms with Gasteiger partial charge in [-0.05, 0) is 44.6 Å². The minimum atomic E-state index is -1.78. The highest BCUT2D eigenvalue weighted by atomic mass is 16.6. The number of esters is 1. The third kappa shape index (κ3) is 8.19. The molecular weight excluding hydrogens is 572 g/mol. The third-order valence-electron chi connectivity index (χ3n) is 8.10. The van der Waals surface area contributed by atoms with Crippen LogP contribution in [0.1, 0.15) is 47.0 Å². The lowest BCUT2D eigenvalue weighted by atomic mass is 9.84. The van der Waals surface area contributed by atoms with Gasteiger partial charge in [-0.15, -0.1) is 0 Å². The van der Waals surface area contributed by atoms with Gasteiger partial charge in [0.25, 0.3) is 5.91 Å². The number of aliphatic carboxylic acids is 1. The number of aliphatic hydroxyl groups is 1. The Labute approximate surface area is 257 Å². The first-order valence-corrected chi connectivity index (χ1v) is 14.6. The van der Waals surface area contributed by atoms with Gasteiger partial charge in [0.2, 0.25) is 11.6 Å². The van der Waals surface area contributed by atoms with Gasteiger partial charge in [0.1, 0.15) is 6.10 Å². The van der Waals surface area contributed by atoms with E-state index in [9.17, 15) is 29.1 Å². The summed E-state index contributed by atoms with van der Waals surface area (Å²) in [5, 5.41) is 23.0. The molecule has 1 aliphatic carbocycles. The van der Waals surface area contributed by atoms with Gasteiger partial charge in [-0.2, -0.15) is 0 Å². The molecule has 0 aromatic carbocycles. The minimum absolute atomic E-state index is 0.117. The molecule has 1 saturated heterocycles. The number of hydrogen-bond donors (Lipinski definition) is 3. The highest BCUT2D eigenvalue weighted by Gasteiger charge is 2.36. The van der Waals surface area contributed by atoms with Crippen molar-refractivity contribution in [2.24, 2.45) is 11.8 Å². The van der Waals surface area contributed by atoms with E-state index in [1.165, 1.54) is 39.4 Å². The van der Waals surface area contributed by atoms with E-state index in [1.807, 2.05) is 11.8 Å². The van der Waals surface area contributed by atoms with Crippen molar-refractivity contribution < 1.29 is 48.4 Å². The van der Waals surface area contributed by atoms with Crippen molar-refractivity contribution in [3.63, 3.8) is 0 Å². The second-order valence-corrected chi connectivity index (χ2v) is 11.5. The van der Waals surface area contributed by atoms with E-state index < -0.39 is 54.0 Å². The number of fused-ring (bicyclic) bond motifs is 2. The average molecular weight is 615 g/mol. The molecule has 12 heteroatoms. The maximum absolute atomic E-state index is 13.7. The lowest BCUT2D eigenvalue weighted by molar-refractivity contribution is -0.168. The van der Waals surface area contributed by atoms with Crippen molar-refractivity contribution in [3.05, 3.63) is 58.5 Å². The number of methoxy groups -OCH3 is 2. The number of carboxylic acids is 1. The number of nitrogens with zero attached hydrogens (tertiary/aromatic N) is 1. The summed E-state index contributed by atoms with van der Waals surface area (Å²) in [5.74, 6) is -5.39. The smallest absolute Gasteiger partial charge is 0.418 e. The Morgan fingerprint density at radius 2 is 1.75 bits per heavy atom. The maximum atomic E-state index is 13.7. The zero-order valence-electron chi connectivity index (χ0n) is 26.0. The highest BCUT2D eigenvalue weighted by molar-refractivity contribution is 6.28. The van der Waals surface area contributed by atoms with Crippen molar-refractivity contribution in [3.8, 4) is 0 Å². The van der Waals surface area contributed by atoms with E-state index in [2.05, 4.69) is 5.32 Å². The van der Waals surface area contributed by atoms with Crippen LogP contribution in [0, 0.1) is 11.8 Å². The normalized spacial score (nSPS) is 32.4. The molecule has 3 N–H and O–H groups in total. The van der Waals surface area contributed by atoms with Gasteiger partial charge >= 0.3 is 11.9 Å². The average Bonchev–Trinajstić information content (AvgIpc) is 2.94. The number of likely N-dealkylation sites (tertiary alicyclic amines) is 1. The number of carbonyl (C=O) groups excluding carboxylic acids is 4. The van der Waals surface area contributed by atoms with Crippen LogP contribution in [-0.4, -0.2) is 96.3 Å². The molecule has 1 fully saturated rings. The SMILES string of the molecule is CO[C@H]1/C=C\C=C(/C)C(=O)NC2=CC(=O)C(N3CCC3)=C(C[C@@H](C)C[C@H](OC)[C@H](O)[C@@H](C)/C=C(\C)C1OC(=O)C(=O)O)C2=O. The summed E-state index contributed by atoms with van der Waals surface area (Å²) in [6.45, 7) is 8.10. The fourth-order valence-electron chi connectivity index (χ4n) is 5.50. The molecular formula is C32H42N2O10. The largest absolute Gasteiger partial charge is 0.473 e. The number of carboxylic acid groups (broad SMARTS) is 1. The van der Waals surface area contributed by atoms with Crippen molar-refractivity contribution in [1.82, 2.24) is 10.2 Å². The molecule has 0 aromatic heterocycles. The van der Waals surface area contributed by atoms with Gasteiger partial charge in [0.05, 0.1) is 23.6 Å². The van der Waals surface area contributed by atoms with Crippen LogP contribution in [0.3, 0.4) is 0 Å². The molecule has 0 aromatic rings. The van der Waals surface area contributed by atoms with Gasteiger partial charge in [-0.25, -0.2) is 9.59 Å². The van der Waals surface area contributed by atoms with Crippen LogP contribution in [0.5, 0.6) is 0 Å². The molecule has 6 atom stereocenters. The third-order valence-corrected chi connectivity index (χ3v) is 8.10. The highest BCUT2D eigenvalue weighted by Crippen LogP contribution is 2.32. The van der Waals surface area contributed by atoms with Crippen LogP contribution in [0.2, 0.25) is 0 Å². The summed E-state index contributed by atoms with van der Waals surface area (Å²) in [4.78, 5) is 65.2. The Balaban J connectivity index is 2.08. The number of ether oxygens (including phenoxy) is 3. The molecule has 0 radical (unpaired) electrons. The van der Waals surface area contributed by atoms with E-state index in [-0.39, 0.29) is 29.4 Å². The summed E-state index contributed by atoms with van der Waals surface area (Å²) >= 11 is 0. The first-order chi connectivity index (χ1) is 20.8. The fraction of sp³-hybridized carbons (Fsp3) is 0.531. The van der Waals surface area contributed by atoms with Crippen LogP contribution in [0.4, 0.5) is 0 Å². The summed E-state index contributed by atoms with van der Waals surface area (Å²) in [5.41, 5.74) is 1.18. The number of hydrogen-bond acceptors (Lipinski definition) is 10. The molecule has 2 heterocycles. The van der Waals surface area contributed by atoms with Gasteiger partial charge in [0, 0.05) is 50.4 Å². The Hall–Kier alpha value is -3.87. The lowest BCUT2D eigenvalue weighted by Gasteiger charge is -2.37. The zero-order chi connectivity index (χ0) is 32.7. The van der Waals surface area contributed by atoms with Gasteiger partial charge in [0.15, 0.2) is 6.10 Å². The number of ketones is 2. The zero-order valence-corrected chi connectivity index (χ0v) is 26.0. The van der Waals surface area contributed by atoms with Crippen LogP contribution >= 0.6 is 0 Å². The Kier molecular flexibility index (Phi) is 12.0. The van der Waals surface area contributed by atoms with Gasteiger partial charge < -0.3 is 34.6 Å². The van der Waals surface area contributed by atoms with E-state index in [0.717, 1.165) is 12.5 Å². The first-order valence-electron chi connectivity index (χ1n) is 14.6. The molecule has 44 heavy (non-hydrogen) atoms. The van der Waals surface area contributed by atoms with E-state index in [0.29, 0.717) is 36.4 Å². The molecule has 0 spiro atoms. The maximum Gasteiger partial charge on any atom is 0.418 e. The minimum Gasteiger partial charge on any atom is -0.473 e. The molecule has 1 unspecified atom stereocenters. The summed E-state index contributed by atoms with van der Waals surface area (Å²) < 4.78 is 16.4. The van der Waals surface area contributed by atoms with Crippen molar-refractivity contribution in [2.45, 2.75) is 71.4 Å². The monoisotopic (exact) mass is 614 g/mol. The van der Waals surface area contributed by atoms with Gasteiger partial charge in [-0.3, -0.25) is 14.4 Å². The molecule has 240 valence electrons. The van der Waals surface area contributed by atoms with Crippen molar-refractivity contribution in [1.29, 1.82) is 0 Å².